The summed E-state index contributed by atoms with van der Waals surface area (Å²) in [5.74, 6) is -0.818. The van der Waals surface area contributed by atoms with Crippen LogP contribution in [0.2, 0.25) is 0 Å². The van der Waals surface area contributed by atoms with E-state index in [1.165, 1.54) is 4.90 Å². The fourth-order valence-corrected chi connectivity index (χ4v) is 2.32. The van der Waals surface area contributed by atoms with Crippen LogP contribution in [0, 0.1) is 12.3 Å². The molecule has 0 aliphatic heterocycles. The first-order valence-electron chi connectivity index (χ1n) is 6.76. The standard InChI is InChI=1S/C15H20N2O3/c1-11-4-6-12(7-5-11)17(2)14(20)16-10-15(13(18)19)8-3-9-15/h4-7H,3,8-10H2,1-2H3,(H,16,20)(H,18,19). The normalized spacial score (nSPS) is 16.1. The zero-order valence-electron chi connectivity index (χ0n) is 11.8. The molecule has 0 atom stereocenters. The first-order valence-corrected chi connectivity index (χ1v) is 6.76. The number of urea groups is 1. The molecule has 108 valence electrons. The van der Waals surface area contributed by atoms with Crippen molar-refractivity contribution in [2.75, 3.05) is 18.5 Å². The van der Waals surface area contributed by atoms with Gasteiger partial charge in [0.15, 0.2) is 0 Å². The lowest BCUT2D eigenvalue weighted by Gasteiger charge is -2.37. The Labute approximate surface area is 118 Å². The minimum absolute atomic E-state index is 0.192. The number of carbonyl (C=O) groups excluding carboxylic acids is 1. The Kier molecular flexibility index (Phi) is 3.97. The molecule has 5 nitrogen and oxygen atoms in total. The number of hydrogen-bond donors (Lipinski definition) is 2. The summed E-state index contributed by atoms with van der Waals surface area (Å²) in [6.07, 6.45) is 2.18. The van der Waals surface area contributed by atoms with Crippen molar-refractivity contribution >= 4 is 17.7 Å². The quantitative estimate of drug-likeness (QED) is 0.887. The lowest BCUT2D eigenvalue weighted by atomic mass is 9.69. The van der Waals surface area contributed by atoms with Gasteiger partial charge in [0.2, 0.25) is 0 Å². The van der Waals surface area contributed by atoms with Crippen LogP contribution in [-0.2, 0) is 4.79 Å². The SMILES string of the molecule is Cc1ccc(N(C)C(=O)NCC2(C(=O)O)CCC2)cc1. The van der Waals surface area contributed by atoms with Gasteiger partial charge in [0, 0.05) is 19.3 Å². The Balaban J connectivity index is 1.94. The average Bonchev–Trinajstić information content (AvgIpc) is 2.36. The van der Waals surface area contributed by atoms with Crippen LogP contribution in [0.15, 0.2) is 24.3 Å². The van der Waals surface area contributed by atoms with Crippen molar-refractivity contribution in [3.05, 3.63) is 29.8 Å². The number of benzene rings is 1. The Hall–Kier alpha value is -2.04. The average molecular weight is 276 g/mol. The third-order valence-corrected chi connectivity index (χ3v) is 4.07. The van der Waals surface area contributed by atoms with Crippen LogP contribution >= 0.6 is 0 Å². The number of amides is 2. The van der Waals surface area contributed by atoms with Gasteiger partial charge >= 0.3 is 12.0 Å². The lowest BCUT2D eigenvalue weighted by Crippen LogP contribution is -2.50. The summed E-state index contributed by atoms with van der Waals surface area (Å²) in [5, 5.41) is 11.9. The number of carboxylic acid groups (broad SMARTS) is 1. The van der Waals surface area contributed by atoms with Crippen molar-refractivity contribution in [1.29, 1.82) is 0 Å². The van der Waals surface area contributed by atoms with E-state index in [-0.39, 0.29) is 12.6 Å². The van der Waals surface area contributed by atoms with Crippen LogP contribution in [-0.4, -0.2) is 30.7 Å². The van der Waals surface area contributed by atoms with E-state index in [9.17, 15) is 14.7 Å². The molecule has 0 bridgehead atoms. The Morgan fingerprint density at radius 2 is 1.90 bits per heavy atom. The van der Waals surface area contributed by atoms with Crippen molar-refractivity contribution in [2.24, 2.45) is 5.41 Å². The van der Waals surface area contributed by atoms with Gasteiger partial charge in [-0.25, -0.2) is 4.79 Å². The fourth-order valence-electron chi connectivity index (χ4n) is 2.32. The minimum atomic E-state index is -0.818. The topological polar surface area (TPSA) is 69.6 Å². The number of anilines is 1. The summed E-state index contributed by atoms with van der Waals surface area (Å²) in [6.45, 7) is 2.18. The number of carboxylic acids is 1. The zero-order valence-corrected chi connectivity index (χ0v) is 11.8. The summed E-state index contributed by atoms with van der Waals surface area (Å²) in [4.78, 5) is 24.8. The van der Waals surface area contributed by atoms with Crippen molar-refractivity contribution < 1.29 is 14.7 Å². The highest BCUT2D eigenvalue weighted by Crippen LogP contribution is 2.40. The molecule has 2 rings (SSSR count). The first-order chi connectivity index (χ1) is 9.44. The number of rotatable bonds is 4. The van der Waals surface area contributed by atoms with Gasteiger partial charge in [0.05, 0.1) is 5.41 Å². The molecule has 1 aliphatic carbocycles. The Morgan fingerprint density at radius 3 is 2.35 bits per heavy atom. The second-order valence-electron chi connectivity index (χ2n) is 5.49. The third kappa shape index (κ3) is 2.76. The smallest absolute Gasteiger partial charge is 0.321 e. The van der Waals surface area contributed by atoms with Crippen molar-refractivity contribution in [3.63, 3.8) is 0 Å². The molecule has 0 heterocycles. The summed E-state index contributed by atoms with van der Waals surface area (Å²) >= 11 is 0. The second-order valence-corrected chi connectivity index (χ2v) is 5.49. The molecule has 1 fully saturated rings. The lowest BCUT2D eigenvalue weighted by molar-refractivity contribution is -0.153. The molecule has 0 unspecified atom stereocenters. The Bertz CT molecular complexity index is 506. The fraction of sp³-hybridized carbons (Fsp3) is 0.467. The molecule has 20 heavy (non-hydrogen) atoms. The molecule has 1 saturated carbocycles. The highest BCUT2D eigenvalue weighted by Gasteiger charge is 2.44. The molecule has 2 N–H and O–H groups in total. The summed E-state index contributed by atoms with van der Waals surface area (Å²) in [6, 6.07) is 7.32. The minimum Gasteiger partial charge on any atom is -0.481 e. The van der Waals surface area contributed by atoms with Gasteiger partial charge in [-0.1, -0.05) is 24.1 Å². The van der Waals surface area contributed by atoms with E-state index in [1.54, 1.807) is 7.05 Å². The molecule has 0 radical (unpaired) electrons. The molecular formula is C15H20N2O3. The maximum Gasteiger partial charge on any atom is 0.321 e. The van der Waals surface area contributed by atoms with E-state index < -0.39 is 11.4 Å². The van der Waals surface area contributed by atoms with Crippen molar-refractivity contribution in [2.45, 2.75) is 26.2 Å². The molecule has 0 saturated heterocycles. The first kappa shape index (κ1) is 14.4. The third-order valence-electron chi connectivity index (χ3n) is 4.07. The van der Waals surface area contributed by atoms with Crippen LogP contribution in [0.1, 0.15) is 24.8 Å². The van der Waals surface area contributed by atoms with E-state index in [0.717, 1.165) is 17.7 Å². The van der Waals surface area contributed by atoms with Gasteiger partial charge < -0.3 is 10.4 Å². The van der Waals surface area contributed by atoms with Crippen LogP contribution < -0.4 is 10.2 Å². The van der Waals surface area contributed by atoms with Crippen LogP contribution in [0.25, 0.3) is 0 Å². The van der Waals surface area contributed by atoms with E-state index in [0.29, 0.717) is 12.8 Å². The number of aryl methyl sites for hydroxylation is 1. The molecule has 1 aromatic rings. The molecule has 1 aromatic carbocycles. The number of hydrogen-bond acceptors (Lipinski definition) is 2. The maximum atomic E-state index is 12.1. The van der Waals surface area contributed by atoms with E-state index in [2.05, 4.69) is 5.32 Å². The highest BCUT2D eigenvalue weighted by molar-refractivity contribution is 5.91. The van der Waals surface area contributed by atoms with Gasteiger partial charge in [-0.15, -0.1) is 0 Å². The molecule has 1 aliphatic rings. The molecular weight excluding hydrogens is 256 g/mol. The van der Waals surface area contributed by atoms with Crippen LogP contribution in [0.4, 0.5) is 10.5 Å². The molecule has 2 amide bonds. The zero-order chi connectivity index (χ0) is 14.8. The number of nitrogens with zero attached hydrogens (tertiary/aromatic N) is 1. The molecule has 0 aromatic heterocycles. The number of carbonyl (C=O) groups is 2. The predicted molar refractivity (Wildman–Crippen MR) is 76.9 cm³/mol. The molecule has 0 spiro atoms. The second kappa shape index (κ2) is 5.53. The summed E-state index contributed by atoms with van der Waals surface area (Å²) < 4.78 is 0. The Morgan fingerprint density at radius 1 is 1.30 bits per heavy atom. The largest absolute Gasteiger partial charge is 0.481 e. The van der Waals surface area contributed by atoms with Gasteiger partial charge in [-0.2, -0.15) is 0 Å². The van der Waals surface area contributed by atoms with Gasteiger partial charge in [0.25, 0.3) is 0 Å². The van der Waals surface area contributed by atoms with Gasteiger partial charge in [-0.3, -0.25) is 9.69 Å². The number of aliphatic carboxylic acids is 1. The van der Waals surface area contributed by atoms with Crippen LogP contribution in [0.3, 0.4) is 0 Å². The van der Waals surface area contributed by atoms with Gasteiger partial charge in [-0.05, 0) is 31.9 Å². The summed E-state index contributed by atoms with van der Waals surface area (Å²) in [7, 11) is 1.67. The van der Waals surface area contributed by atoms with Crippen molar-refractivity contribution in [3.8, 4) is 0 Å². The number of nitrogens with one attached hydrogen (secondary N) is 1. The van der Waals surface area contributed by atoms with E-state index in [1.807, 2.05) is 31.2 Å². The van der Waals surface area contributed by atoms with E-state index in [4.69, 9.17) is 0 Å². The highest BCUT2D eigenvalue weighted by atomic mass is 16.4. The predicted octanol–water partition coefficient (Wildman–Crippen LogP) is 2.40. The monoisotopic (exact) mass is 276 g/mol. The van der Waals surface area contributed by atoms with Gasteiger partial charge in [0.1, 0.15) is 0 Å². The maximum absolute atomic E-state index is 12.1. The summed E-state index contributed by atoms with van der Waals surface area (Å²) in [5.41, 5.74) is 1.15. The van der Waals surface area contributed by atoms with E-state index >= 15 is 0 Å². The van der Waals surface area contributed by atoms with Crippen molar-refractivity contribution in [1.82, 2.24) is 5.32 Å². The molecule has 5 heteroatoms. The van der Waals surface area contributed by atoms with Crippen LogP contribution in [0.5, 0.6) is 0 Å².